The SMILES string of the molecule is CCOC(=O)[C@H]1C(=O)Nc2nc3ccccc3n2[C@H]1c1ccc(O)c(O)c1. The highest BCUT2D eigenvalue weighted by molar-refractivity contribution is 6.07. The molecule has 8 nitrogen and oxygen atoms in total. The second kappa shape index (κ2) is 6.31. The molecule has 138 valence electrons. The van der Waals surface area contributed by atoms with Gasteiger partial charge in [0.15, 0.2) is 17.4 Å². The van der Waals surface area contributed by atoms with Crippen LogP contribution in [0.5, 0.6) is 11.5 Å². The van der Waals surface area contributed by atoms with Gasteiger partial charge in [-0.15, -0.1) is 0 Å². The molecule has 0 fully saturated rings. The van der Waals surface area contributed by atoms with Crippen molar-refractivity contribution in [2.24, 2.45) is 5.92 Å². The Balaban J connectivity index is 1.97. The molecule has 1 amide bonds. The first-order valence-corrected chi connectivity index (χ1v) is 8.47. The lowest BCUT2D eigenvalue weighted by Crippen LogP contribution is -2.43. The number of anilines is 1. The van der Waals surface area contributed by atoms with Gasteiger partial charge in [-0.2, -0.15) is 0 Å². The molecule has 2 aromatic carbocycles. The van der Waals surface area contributed by atoms with Crippen LogP contribution in [0.15, 0.2) is 42.5 Å². The van der Waals surface area contributed by atoms with E-state index in [1.165, 1.54) is 12.1 Å². The number of para-hydroxylation sites is 2. The van der Waals surface area contributed by atoms with E-state index >= 15 is 0 Å². The van der Waals surface area contributed by atoms with Gasteiger partial charge in [0.25, 0.3) is 0 Å². The normalized spacial score (nSPS) is 18.8. The molecule has 27 heavy (non-hydrogen) atoms. The van der Waals surface area contributed by atoms with Gasteiger partial charge in [-0.3, -0.25) is 14.9 Å². The van der Waals surface area contributed by atoms with E-state index in [0.717, 1.165) is 5.52 Å². The number of phenolic OH excluding ortho intramolecular Hbond substituents is 2. The van der Waals surface area contributed by atoms with Gasteiger partial charge in [-0.1, -0.05) is 18.2 Å². The highest BCUT2D eigenvalue weighted by Gasteiger charge is 2.44. The first kappa shape index (κ1) is 16.9. The van der Waals surface area contributed by atoms with Gasteiger partial charge in [-0.25, -0.2) is 4.98 Å². The number of amides is 1. The van der Waals surface area contributed by atoms with Crippen LogP contribution in [0.3, 0.4) is 0 Å². The number of imidazole rings is 1. The van der Waals surface area contributed by atoms with Gasteiger partial charge in [0, 0.05) is 0 Å². The van der Waals surface area contributed by atoms with E-state index in [4.69, 9.17) is 4.74 Å². The second-order valence-electron chi connectivity index (χ2n) is 6.21. The molecule has 2 atom stereocenters. The monoisotopic (exact) mass is 367 g/mol. The lowest BCUT2D eigenvalue weighted by atomic mass is 9.90. The Labute approximate surface area is 154 Å². The summed E-state index contributed by atoms with van der Waals surface area (Å²) in [6.45, 7) is 1.80. The topological polar surface area (TPSA) is 114 Å². The summed E-state index contributed by atoms with van der Waals surface area (Å²) in [6, 6.07) is 10.7. The number of aromatic nitrogens is 2. The number of carbonyl (C=O) groups excluding carboxylic acids is 2. The number of aromatic hydroxyl groups is 2. The number of hydrogen-bond donors (Lipinski definition) is 3. The van der Waals surface area contributed by atoms with Crippen LogP contribution in [0, 0.1) is 5.92 Å². The van der Waals surface area contributed by atoms with Crippen molar-refractivity contribution in [3.05, 3.63) is 48.0 Å². The van der Waals surface area contributed by atoms with Crippen LogP contribution in [-0.2, 0) is 14.3 Å². The quantitative estimate of drug-likeness (QED) is 0.371. The molecule has 2 heterocycles. The fourth-order valence-electron chi connectivity index (χ4n) is 3.43. The van der Waals surface area contributed by atoms with Crippen LogP contribution in [0.1, 0.15) is 18.5 Å². The maximum absolute atomic E-state index is 12.7. The highest BCUT2D eigenvalue weighted by Crippen LogP contribution is 2.40. The van der Waals surface area contributed by atoms with Crippen LogP contribution < -0.4 is 5.32 Å². The maximum Gasteiger partial charge on any atom is 0.321 e. The smallest absolute Gasteiger partial charge is 0.321 e. The number of esters is 1. The molecule has 0 aliphatic carbocycles. The lowest BCUT2D eigenvalue weighted by Gasteiger charge is -2.32. The highest BCUT2D eigenvalue weighted by atomic mass is 16.5. The molecule has 1 aliphatic rings. The summed E-state index contributed by atoms with van der Waals surface area (Å²) in [4.78, 5) is 29.7. The van der Waals surface area contributed by atoms with E-state index in [-0.39, 0.29) is 18.1 Å². The summed E-state index contributed by atoms with van der Waals surface area (Å²) in [5.41, 5.74) is 1.85. The predicted molar refractivity (Wildman–Crippen MR) is 96.4 cm³/mol. The Morgan fingerprint density at radius 3 is 2.74 bits per heavy atom. The Kier molecular flexibility index (Phi) is 3.95. The van der Waals surface area contributed by atoms with Crippen molar-refractivity contribution in [3.8, 4) is 11.5 Å². The number of nitrogens with zero attached hydrogens (tertiary/aromatic N) is 2. The molecule has 0 spiro atoms. The summed E-state index contributed by atoms with van der Waals surface area (Å²) >= 11 is 0. The maximum atomic E-state index is 12.7. The summed E-state index contributed by atoms with van der Waals surface area (Å²) in [5, 5.41) is 22.3. The number of carbonyl (C=O) groups is 2. The zero-order valence-corrected chi connectivity index (χ0v) is 14.4. The van der Waals surface area contributed by atoms with Crippen molar-refractivity contribution in [1.82, 2.24) is 9.55 Å². The first-order valence-electron chi connectivity index (χ1n) is 8.47. The molecular weight excluding hydrogens is 350 g/mol. The number of nitrogens with one attached hydrogen (secondary N) is 1. The number of phenols is 2. The summed E-state index contributed by atoms with van der Waals surface area (Å²) in [5.74, 6) is -2.70. The zero-order chi connectivity index (χ0) is 19.1. The van der Waals surface area contributed by atoms with Crippen molar-refractivity contribution < 1.29 is 24.5 Å². The third kappa shape index (κ3) is 2.66. The molecule has 0 bridgehead atoms. The minimum atomic E-state index is -1.17. The number of hydrogen-bond acceptors (Lipinski definition) is 6. The van der Waals surface area contributed by atoms with E-state index in [1.807, 2.05) is 18.2 Å². The van der Waals surface area contributed by atoms with Crippen molar-refractivity contribution >= 4 is 28.9 Å². The third-order valence-electron chi connectivity index (χ3n) is 4.59. The van der Waals surface area contributed by atoms with Crippen LogP contribution >= 0.6 is 0 Å². The predicted octanol–water partition coefficient (Wildman–Crippen LogP) is 2.17. The van der Waals surface area contributed by atoms with Crippen molar-refractivity contribution in [2.45, 2.75) is 13.0 Å². The van der Waals surface area contributed by atoms with Gasteiger partial charge in [0.2, 0.25) is 11.9 Å². The average Bonchev–Trinajstić information content (AvgIpc) is 3.00. The van der Waals surface area contributed by atoms with Gasteiger partial charge in [0.1, 0.15) is 0 Å². The van der Waals surface area contributed by atoms with Crippen molar-refractivity contribution in [1.29, 1.82) is 0 Å². The Hall–Kier alpha value is -3.55. The Morgan fingerprint density at radius 1 is 1.22 bits per heavy atom. The lowest BCUT2D eigenvalue weighted by molar-refractivity contribution is -0.152. The fourth-order valence-corrected chi connectivity index (χ4v) is 3.43. The van der Waals surface area contributed by atoms with Crippen LogP contribution in [0.25, 0.3) is 11.0 Å². The van der Waals surface area contributed by atoms with E-state index in [2.05, 4.69) is 10.3 Å². The summed E-state index contributed by atoms with van der Waals surface area (Å²) in [7, 11) is 0. The van der Waals surface area contributed by atoms with Crippen LogP contribution in [0.2, 0.25) is 0 Å². The molecule has 4 rings (SSSR count). The number of rotatable bonds is 3. The fraction of sp³-hybridized carbons (Fsp3) is 0.211. The third-order valence-corrected chi connectivity index (χ3v) is 4.59. The van der Waals surface area contributed by atoms with Gasteiger partial charge < -0.3 is 19.5 Å². The largest absolute Gasteiger partial charge is 0.504 e. The molecule has 1 aromatic heterocycles. The van der Waals surface area contributed by atoms with Crippen LogP contribution in [-0.4, -0.2) is 38.2 Å². The molecular formula is C19H17N3O5. The molecule has 0 saturated carbocycles. The Bertz CT molecular complexity index is 1060. The number of fused-ring (bicyclic) bond motifs is 3. The van der Waals surface area contributed by atoms with E-state index in [9.17, 15) is 19.8 Å². The van der Waals surface area contributed by atoms with Gasteiger partial charge >= 0.3 is 5.97 Å². The first-order chi connectivity index (χ1) is 13.0. The molecule has 1 aliphatic heterocycles. The Morgan fingerprint density at radius 2 is 2.00 bits per heavy atom. The van der Waals surface area contributed by atoms with Crippen molar-refractivity contribution in [2.75, 3.05) is 11.9 Å². The van der Waals surface area contributed by atoms with E-state index < -0.39 is 23.8 Å². The molecule has 8 heteroatoms. The second-order valence-corrected chi connectivity index (χ2v) is 6.21. The van der Waals surface area contributed by atoms with Crippen LogP contribution in [0.4, 0.5) is 5.95 Å². The average molecular weight is 367 g/mol. The summed E-state index contributed by atoms with van der Waals surface area (Å²) in [6.07, 6.45) is 0. The van der Waals surface area contributed by atoms with Gasteiger partial charge in [0.05, 0.1) is 23.7 Å². The minimum Gasteiger partial charge on any atom is -0.504 e. The number of benzene rings is 2. The molecule has 0 saturated heterocycles. The summed E-state index contributed by atoms with van der Waals surface area (Å²) < 4.78 is 6.86. The van der Waals surface area contributed by atoms with Crippen molar-refractivity contribution in [3.63, 3.8) is 0 Å². The zero-order valence-electron chi connectivity index (χ0n) is 14.4. The molecule has 0 unspecified atom stereocenters. The van der Waals surface area contributed by atoms with E-state index in [1.54, 1.807) is 23.6 Å². The molecule has 0 radical (unpaired) electrons. The molecule has 3 N–H and O–H groups in total. The van der Waals surface area contributed by atoms with E-state index in [0.29, 0.717) is 17.0 Å². The standard InChI is InChI=1S/C19H17N3O5/c1-2-27-18(26)15-16(10-7-8-13(23)14(24)9-10)22-12-6-4-3-5-11(12)20-19(22)21-17(15)25/h3-9,15-16,23-24H,2H2,1H3,(H,20,21,25)/t15-,16+/m1/s1. The molecule has 3 aromatic rings. The van der Waals surface area contributed by atoms with Gasteiger partial charge in [-0.05, 0) is 36.8 Å². The number of ether oxygens (including phenoxy) is 1. The minimum absolute atomic E-state index is 0.133.